The third kappa shape index (κ3) is 7.48. The zero-order valence-corrected chi connectivity index (χ0v) is 8.66. The second-order valence-electron chi connectivity index (χ2n) is 3.16. The number of hydrogen-bond donors (Lipinski definition) is 3. The molecule has 0 heterocycles. The van der Waals surface area contributed by atoms with Crippen LogP contribution in [0.4, 0.5) is 0 Å². The van der Waals surface area contributed by atoms with Gasteiger partial charge in [0.2, 0.25) is 12.3 Å². The van der Waals surface area contributed by atoms with Crippen LogP contribution in [0.15, 0.2) is 0 Å². The Bertz CT molecular complexity index is 230. The predicted molar refractivity (Wildman–Crippen MR) is 53.2 cm³/mol. The first-order valence-corrected chi connectivity index (χ1v) is 4.75. The first-order chi connectivity index (χ1) is 7.07. The van der Waals surface area contributed by atoms with Crippen molar-refractivity contribution in [3.63, 3.8) is 0 Å². The third-order valence-electron chi connectivity index (χ3n) is 1.82. The normalized spacial score (nSPS) is 11.5. The smallest absolute Gasteiger partial charge is 0.326 e. The van der Waals surface area contributed by atoms with E-state index in [0.717, 1.165) is 0 Å². The lowest BCUT2D eigenvalue weighted by Gasteiger charge is -2.12. The van der Waals surface area contributed by atoms with Crippen molar-refractivity contribution in [1.82, 2.24) is 10.6 Å². The zero-order chi connectivity index (χ0) is 11.7. The van der Waals surface area contributed by atoms with Crippen LogP contribution in [0.2, 0.25) is 0 Å². The Labute approximate surface area is 88.0 Å². The first kappa shape index (κ1) is 13.4. The summed E-state index contributed by atoms with van der Waals surface area (Å²) in [5.74, 6) is -1.39. The average Bonchev–Trinajstić information content (AvgIpc) is 2.15. The quantitative estimate of drug-likeness (QED) is 0.376. The topological polar surface area (TPSA) is 95.5 Å². The second kappa shape index (κ2) is 7.78. The van der Waals surface area contributed by atoms with Crippen LogP contribution < -0.4 is 10.6 Å². The minimum atomic E-state index is -1.03. The van der Waals surface area contributed by atoms with Crippen LogP contribution in [0.1, 0.15) is 26.2 Å². The van der Waals surface area contributed by atoms with Crippen molar-refractivity contribution in [1.29, 1.82) is 0 Å². The van der Waals surface area contributed by atoms with Gasteiger partial charge < -0.3 is 15.7 Å². The van der Waals surface area contributed by atoms with Gasteiger partial charge in [-0.15, -0.1) is 0 Å². The molecular weight excluding hydrogens is 200 g/mol. The lowest BCUT2D eigenvalue weighted by Crippen LogP contribution is -2.39. The van der Waals surface area contributed by atoms with Gasteiger partial charge in [0, 0.05) is 13.5 Å². The number of unbranched alkanes of at least 4 members (excludes halogenated alkanes) is 1. The van der Waals surface area contributed by atoms with Crippen LogP contribution >= 0.6 is 0 Å². The van der Waals surface area contributed by atoms with Crippen LogP contribution in [0.5, 0.6) is 0 Å². The van der Waals surface area contributed by atoms with Crippen LogP contribution in [0.25, 0.3) is 0 Å². The maximum atomic E-state index is 10.7. The van der Waals surface area contributed by atoms with Gasteiger partial charge in [-0.1, -0.05) is 0 Å². The molecule has 0 fully saturated rings. The van der Waals surface area contributed by atoms with Gasteiger partial charge >= 0.3 is 5.97 Å². The van der Waals surface area contributed by atoms with Crippen LogP contribution in [0.3, 0.4) is 0 Å². The highest BCUT2D eigenvalue weighted by Gasteiger charge is 2.17. The molecule has 0 saturated carbocycles. The molecule has 6 heteroatoms. The number of amides is 2. The SMILES string of the molecule is CC(=O)NC(CCCCNC=O)C(=O)O. The molecule has 3 N–H and O–H groups in total. The standard InChI is InChI=1S/C9H16N2O4/c1-7(13)11-8(9(14)15)4-2-3-5-10-6-12/h6,8H,2-5H2,1H3,(H,10,12)(H,11,13)(H,14,15). The number of carbonyl (C=O) groups is 3. The van der Waals surface area contributed by atoms with Crippen molar-refractivity contribution < 1.29 is 19.5 Å². The largest absolute Gasteiger partial charge is 0.480 e. The molecule has 1 atom stereocenters. The third-order valence-corrected chi connectivity index (χ3v) is 1.82. The highest BCUT2D eigenvalue weighted by Crippen LogP contribution is 2.00. The van der Waals surface area contributed by atoms with Gasteiger partial charge in [-0.05, 0) is 19.3 Å². The van der Waals surface area contributed by atoms with E-state index in [4.69, 9.17) is 5.11 Å². The number of carboxylic acids is 1. The molecule has 1 unspecified atom stereocenters. The summed E-state index contributed by atoms with van der Waals surface area (Å²) in [4.78, 5) is 31.2. The molecule has 6 nitrogen and oxygen atoms in total. The Balaban J connectivity index is 3.71. The molecule has 0 rings (SSSR count). The fourth-order valence-corrected chi connectivity index (χ4v) is 1.14. The lowest BCUT2D eigenvalue weighted by atomic mass is 10.1. The molecule has 0 aromatic rings. The Morgan fingerprint density at radius 3 is 2.53 bits per heavy atom. The maximum absolute atomic E-state index is 10.7. The van der Waals surface area contributed by atoms with Crippen LogP contribution in [-0.2, 0) is 14.4 Å². The molecule has 0 aliphatic carbocycles. The molecule has 0 saturated heterocycles. The molecule has 0 aliphatic rings. The van der Waals surface area contributed by atoms with E-state index in [-0.39, 0.29) is 5.91 Å². The second-order valence-corrected chi connectivity index (χ2v) is 3.16. The average molecular weight is 216 g/mol. The summed E-state index contributed by atoms with van der Waals surface area (Å²) in [6.45, 7) is 1.81. The van der Waals surface area contributed by atoms with Crippen molar-refractivity contribution in [3.8, 4) is 0 Å². The van der Waals surface area contributed by atoms with Gasteiger partial charge in [-0.3, -0.25) is 9.59 Å². The molecule has 0 aromatic carbocycles. The summed E-state index contributed by atoms with van der Waals surface area (Å²) in [6, 6.07) is -0.835. The fraction of sp³-hybridized carbons (Fsp3) is 0.667. The van der Waals surface area contributed by atoms with Gasteiger partial charge in [0.05, 0.1) is 0 Å². The number of carboxylic acid groups (broad SMARTS) is 1. The zero-order valence-electron chi connectivity index (χ0n) is 8.66. The molecule has 0 radical (unpaired) electrons. The summed E-state index contributed by atoms with van der Waals surface area (Å²) < 4.78 is 0. The van der Waals surface area contributed by atoms with E-state index in [1.165, 1.54) is 6.92 Å². The summed E-state index contributed by atoms with van der Waals surface area (Å²) in [5, 5.41) is 13.6. The summed E-state index contributed by atoms with van der Waals surface area (Å²) in [7, 11) is 0. The Kier molecular flexibility index (Phi) is 6.96. The van der Waals surface area contributed by atoms with Crippen molar-refractivity contribution in [2.75, 3.05) is 6.54 Å². The van der Waals surface area contributed by atoms with Gasteiger partial charge in [0.1, 0.15) is 6.04 Å². The van der Waals surface area contributed by atoms with Gasteiger partial charge in [0.15, 0.2) is 0 Å². The van der Waals surface area contributed by atoms with Gasteiger partial charge in [0.25, 0.3) is 0 Å². The van der Waals surface area contributed by atoms with Gasteiger partial charge in [-0.25, -0.2) is 4.79 Å². The molecule has 0 bridgehead atoms. The highest BCUT2D eigenvalue weighted by atomic mass is 16.4. The molecule has 0 spiro atoms. The van der Waals surface area contributed by atoms with Gasteiger partial charge in [-0.2, -0.15) is 0 Å². The number of nitrogens with one attached hydrogen (secondary N) is 2. The summed E-state index contributed by atoms with van der Waals surface area (Å²) >= 11 is 0. The molecule has 0 aromatic heterocycles. The molecule has 0 aliphatic heterocycles. The molecule has 15 heavy (non-hydrogen) atoms. The van der Waals surface area contributed by atoms with Crippen molar-refractivity contribution in [2.24, 2.45) is 0 Å². The number of aliphatic carboxylic acids is 1. The first-order valence-electron chi connectivity index (χ1n) is 4.75. The van der Waals surface area contributed by atoms with E-state index in [0.29, 0.717) is 32.2 Å². The van der Waals surface area contributed by atoms with Crippen LogP contribution in [-0.4, -0.2) is 36.0 Å². The maximum Gasteiger partial charge on any atom is 0.326 e. The molecular formula is C9H16N2O4. The number of rotatable bonds is 8. The van der Waals surface area contributed by atoms with Crippen LogP contribution in [0, 0.1) is 0 Å². The van der Waals surface area contributed by atoms with E-state index in [1.807, 2.05) is 0 Å². The van der Waals surface area contributed by atoms with E-state index < -0.39 is 12.0 Å². The lowest BCUT2D eigenvalue weighted by molar-refractivity contribution is -0.141. The predicted octanol–water partition coefficient (Wildman–Crippen LogP) is -0.508. The van der Waals surface area contributed by atoms with E-state index in [2.05, 4.69) is 10.6 Å². The Morgan fingerprint density at radius 1 is 1.40 bits per heavy atom. The Morgan fingerprint density at radius 2 is 2.07 bits per heavy atom. The van der Waals surface area contributed by atoms with E-state index >= 15 is 0 Å². The summed E-state index contributed by atoms with van der Waals surface area (Å²) in [6.07, 6.45) is 2.30. The number of hydrogen-bond acceptors (Lipinski definition) is 3. The molecule has 2 amide bonds. The molecule has 86 valence electrons. The Hall–Kier alpha value is -1.59. The van der Waals surface area contributed by atoms with E-state index in [1.54, 1.807) is 0 Å². The van der Waals surface area contributed by atoms with Crippen molar-refractivity contribution in [3.05, 3.63) is 0 Å². The minimum Gasteiger partial charge on any atom is -0.480 e. The fourth-order valence-electron chi connectivity index (χ4n) is 1.14. The monoisotopic (exact) mass is 216 g/mol. The van der Waals surface area contributed by atoms with Crippen molar-refractivity contribution in [2.45, 2.75) is 32.2 Å². The number of carbonyl (C=O) groups excluding carboxylic acids is 2. The summed E-state index contributed by atoms with van der Waals surface area (Å²) in [5.41, 5.74) is 0. The minimum absolute atomic E-state index is 0.353. The van der Waals surface area contributed by atoms with E-state index in [9.17, 15) is 14.4 Å². The highest BCUT2D eigenvalue weighted by molar-refractivity contribution is 5.81. The van der Waals surface area contributed by atoms with Crippen molar-refractivity contribution >= 4 is 18.3 Å².